The van der Waals surface area contributed by atoms with Crippen molar-refractivity contribution in [3.05, 3.63) is 46.3 Å². The van der Waals surface area contributed by atoms with Crippen molar-refractivity contribution >= 4 is 23.0 Å². The van der Waals surface area contributed by atoms with Gasteiger partial charge in [0.25, 0.3) is 0 Å². The monoisotopic (exact) mass is 281 g/mol. The number of nitro groups is 1. The summed E-state index contributed by atoms with van der Waals surface area (Å²) in [6.07, 6.45) is 1.09. The first kappa shape index (κ1) is 13.6. The maximum atomic E-state index is 13.1. The topological polar surface area (TPSA) is 93.0 Å². The van der Waals surface area contributed by atoms with Crippen LogP contribution in [0.4, 0.5) is 31.8 Å². The summed E-state index contributed by atoms with van der Waals surface area (Å²) in [4.78, 5) is 17.8. The number of hydrogen-bond acceptors (Lipinski definition) is 6. The zero-order chi connectivity index (χ0) is 14.7. The van der Waals surface area contributed by atoms with E-state index in [4.69, 9.17) is 0 Å². The Hall–Kier alpha value is -2.84. The fourth-order valence-corrected chi connectivity index (χ4v) is 1.59. The van der Waals surface area contributed by atoms with Gasteiger partial charge in [-0.05, 0) is 12.1 Å². The molecule has 9 heteroatoms. The maximum absolute atomic E-state index is 13.1. The van der Waals surface area contributed by atoms with Gasteiger partial charge in [-0.25, -0.2) is 18.7 Å². The Balaban J connectivity index is 2.45. The van der Waals surface area contributed by atoms with E-state index < -0.39 is 22.2 Å². The summed E-state index contributed by atoms with van der Waals surface area (Å²) in [5, 5.41) is 16.1. The van der Waals surface area contributed by atoms with Crippen LogP contribution in [0.25, 0.3) is 0 Å². The first-order chi connectivity index (χ1) is 9.51. The summed E-state index contributed by atoms with van der Waals surface area (Å²) in [6.45, 7) is 0. The van der Waals surface area contributed by atoms with Crippen molar-refractivity contribution < 1.29 is 13.7 Å². The molecule has 0 radical (unpaired) electrons. The highest BCUT2D eigenvalue weighted by atomic mass is 19.1. The standard InChI is InChI=1S/C11H9F2N5O2/c1-14-10-9(18(19)20)11(16-5-15-10)17-8-3-6(12)2-7(13)4-8/h2-5H,1H3,(H2,14,15,16,17). The molecule has 0 saturated carbocycles. The van der Waals surface area contributed by atoms with Crippen LogP contribution in [0.2, 0.25) is 0 Å². The van der Waals surface area contributed by atoms with E-state index in [9.17, 15) is 18.9 Å². The van der Waals surface area contributed by atoms with E-state index in [1.54, 1.807) is 0 Å². The number of aromatic nitrogens is 2. The fourth-order valence-electron chi connectivity index (χ4n) is 1.59. The van der Waals surface area contributed by atoms with Crippen molar-refractivity contribution in [3.63, 3.8) is 0 Å². The summed E-state index contributed by atoms with van der Waals surface area (Å²) < 4.78 is 26.2. The van der Waals surface area contributed by atoms with E-state index in [1.807, 2.05) is 0 Å². The van der Waals surface area contributed by atoms with Crippen LogP contribution in [-0.4, -0.2) is 21.9 Å². The minimum absolute atomic E-state index is 0.00588. The second kappa shape index (κ2) is 5.43. The second-order valence-electron chi connectivity index (χ2n) is 3.71. The van der Waals surface area contributed by atoms with Crippen LogP contribution in [-0.2, 0) is 0 Å². The lowest BCUT2D eigenvalue weighted by atomic mass is 10.3. The average Bonchev–Trinajstić information content (AvgIpc) is 2.36. The van der Waals surface area contributed by atoms with E-state index >= 15 is 0 Å². The quantitative estimate of drug-likeness (QED) is 0.660. The van der Waals surface area contributed by atoms with Gasteiger partial charge in [-0.2, -0.15) is 0 Å². The largest absolute Gasteiger partial charge is 0.367 e. The molecule has 7 nitrogen and oxygen atoms in total. The molecule has 1 aromatic carbocycles. The number of nitrogens with zero attached hydrogens (tertiary/aromatic N) is 3. The molecule has 0 bridgehead atoms. The van der Waals surface area contributed by atoms with Crippen molar-refractivity contribution in [3.8, 4) is 0 Å². The van der Waals surface area contributed by atoms with Gasteiger partial charge < -0.3 is 10.6 Å². The molecular formula is C11H9F2N5O2. The molecular weight excluding hydrogens is 272 g/mol. The number of benzene rings is 1. The van der Waals surface area contributed by atoms with Crippen LogP contribution in [0.3, 0.4) is 0 Å². The van der Waals surface area contributed by atoms with E-state index in [1.165, 1.54) is 7.05 Å². The van der Waals surface area contributed by atoms with Crippen LogP contribution >= 0.6 is 0 Å². The molecule has 0 fully saturated rings. The van der Waals surface area contributed by atoms with E-state index in [-0.39, 0.29) is 17.3 Å². The maximum Gasteiger partial charge on any atom is 0.353 e. The molecule has 0 atom stereocenters. The third kappa shape index (κ3) is 2.76. The first-order valence-electron chi connectivity index (χ1n) is 5.41. The van der Waals surface area contributed by atoms with Crippen LogP contribution < -0.4 is 10.6 Å². The summed E-state index contributed by atoms with van der Waals surface area (Å²) >= 11 is 0. The van der Waals surface area contributed by atoms with Crippen LogP contribution in [0.15, 0.2) is 24.5 Å². The van der Waals surface area contributed by atoms with Gasteiger partial charge in [0.15, 0.2) is 0 Å². The highest BCUT2D eigenvalue weighted by Crippen LogP contribution is 2.30. The molecule has 2 N–H and O–H groups in total. The summed E-state index contributed by atoms with van der Waals surface area (Å²) in [5.41, 5.74) is -0.411. The molecule has 0 spiro atoms. The Morgan fingerprint density at radius 3 is 2.30 bits per heavy atom. The third-order valence-electron chi connectivity index (χ3n) is 2.37. The summed E-state index contributed by atoms with van der Waals surface area (Å²) in [6, 6.07) is 2.68. The number of halogens is 2. The van der Waals surface area contributed by atoms with Crippen LogP contribution in [0.5, 0.6) is 0 Å². The summed E-state index contributed by atoms with van der Waals surface area (Å²) in [7, 11) is 1.46. The van der Waals surface area contributed by atoms with Crippen molar-refractivity contribution in [2.24, 2.45) is 0 Å². The Labute approximate surface area is 111 Å². The normalized spacial score (nSPS) is 10.2. The molecule has 20 heavy (non-hydrogen) atoms. The number of hydrogen-bond donors (Lipinski definition) is 2. The lowest BCUT2D eigenvalue weighted by molar-refractivity contribution is -0.383. The molecule has 2 rings (SSSR count). The van der Waals surface area contributed by atoms with Gasteiger partial charge >= 0.3 is 5.69 Å². The Morgan fingerprint density at radius 1 is 1.15 bits per heavy atom. The van der Waals surface area contributed by atoms with Crippen molar-refractivity contribution in [2.45, 2.75) is 0 Å². The molecule has 0 saturated heterocycles. The molecule has 104 valence electrons. The van der Waals surface area contributed by atoms with Crippen LogP contribution in [0, 0.1) is 21.7 Å². The fraction of sp³-hybridized carbons (Fsp3) is 0.0909. The Kier molecular flexibility index (Phi) is 3.69. The SMILES string of the molecule is CNc1ncnc(Nc2cc(F)cc(F)c2)c1[N+](=O)[O-]. The molecule has 0 aliphatic heterocycles. The van der Waals surface area contributed by atoms with Gasteiger partial charge in [-0.15, -0.1) is 0 Å². The smallest absolute Gasteiger partial charge is 0.353 e. The average molecular weight is 281 g/mol. The lowest BCUT2D eigenvalue weighted by Gasteiger charge is -2.08. The van der Waals surface area contributed by atoms with Crippen molar-refractivity contribution in [2.75, 3.05) is 17.7 Å². The predicted octanol–water partition coefficient (Wildman–Crippen LogP) is 2.45. The minimum atomic E-state index is -0.807. The first-order valence-corrected chi connectivity index (χ1v) is 5.41. The molecule has 0 unspecified atom stereocenters. The molecule has 0 aliphatic carbocycles. The highest BCUT2D eigenvalue weighted by Gasteiger charge is 2.22. The van der Waals surface area contributed by atoms with Crippen LogP contribution in [0.1, 0.15) is 0 Å². The van der Waals surface area contributed by atoms with E-state index in [0.717, 1.165) is 18.5 Å². The zero-order valence-electron chi connectivity index (χ0n) is 10.2. The Bertz CT molecular complexity index is 645. The Morgan fingerprint density at radius 2 is 1.75 bits per heavy atom. The van der Waals surface area contributed by atoms with E-state index in [2.05, 4.69) is 20.6 Å². The molecule has 0 amide bonds. The second-order valence-corrected chi connectivity index (χ2v) is 3.71. The predicted molar refractivity (Wildman–Crippen MR) is 67.9 cm³/mol. The van der Waals surface area contributed by atoms with Gasteiger partial charge in [0.2, 0.25) is 11.6 Å². The summed E-state index contributed by atoms with van der Waals surface area (Å²) in [5.74, 6) is -1.79. The molecule has 2 aromatic rings. The number of anilines is 3. The minimum Gasteiger partial charge on any atom is -0.367 e. The third-order valence-corrected chi connectivity index (χ3v) is 2.37. The van der Waals surface area contributed by atoms with Gasteiger partial charge in [0, 0.05) is 18.8 Å². The van der Waals surface area contributed by atoms with Gasteiger partial charge in [0.1, 0.15) is 18.0 Å². The van der Waals surface area contributed by atoms with Crippen molar-refractivity contribution in [1.82, 2.24) is 9.97 Å². The molecule has 1 heterocycles. The van der Waals surface area contributed by atoms with Gasteiger partial charge in [-0.3, -0.25) is 10.1 Å². The zero-order valence-corrected chi connectivity index (χ0v) is 10.2. The van der Waals surface area contributed by atoms with Crippen molar-refractivity contribution in [1.29, 1.82) is 0 Å². The number of nitrogens with one attached hydrogen (secondary N) is 2. The molecule has 1 aromatic heterocycles. The number of rotatable bonds is 4. The van der Waals surface area contributed by atoms with Gasteiger partial charge in [-0.1, -0.05) is 0 Å². The molecule has 0 aliphatic rings. The van der Waals surface area contributed by atoms with E-state index in [0.29, 0.717) is 6.07 Å². The van der Waals surface area contributed by atoms with Gasteiger partial charge in [0.05, 0.1) is 4.92 Å². The highest BCUT2D eigenvalue weighted by molar-refractivity contribution is 5.73. The lowest BCUT2D eigenvalue weighted by Crippen LogP contribution is -2.05.